The van der Waals surface area contributed by atoms with Gasteiger partial charge < -0.3 is 5.32 Å². The fourth-order valence-corrected chi connectivity index (χ4v) is 3.93. The quantitative estimate of drug-likeness (QED) is 0.763. The third-order valence-electron chi connectivity index (χ3n) is 4.75. The van der Waals surface area contributed by atoms with Crippen molar-refractivity contribution in [2.24, 2.45) is 0 Å². The Labute approximate surface area is 160 Å². The molecular weight excluding hydrogens is 362 g/mol. The lowest BCUT2D eigenvalue weighted by Gasteiger charge is -2.15. The molecule has 6 nitrogen and oxygen atoms in total. The highest BCUT2D eigenvalue weighted by Gasteiger charge is 2.13. The van der Waals surface area contributed by atoms with Crippen molar-refractivity contribution < 1.29 is 13.2 Å². The third-order valence-corrected chi connectivity index (χ3v) is 6.18. The lowest BCUT2D eigenvalue weighted by Crippen LogP contribution is -2.23. The van der Waals surface area contributed by atoms with Crippen LogP contribution >= 0.6 is 0 Å². The zero-order valence-electron chi connectivity index (χ0n) is 15.4. The minimum atomic E-state index is -3.45. The second kappa shape index (κ2) is 8.65. The number of nitrogens with one attached hydrogen (secondary N) is 2. The average Bonchev–Trinajstić information content (AvgIpc) is 3.19. The Morgan fingerprint density at radius 1 is 1.04 bits per heavy atom. The molecular formula is C20H25N3O3S. The Bertz CT molecular complexity index is 889. The van der Waals surface area contributed by atoms with Crippen LogP contribution in [-0.2, 0) is 23.1 Å². The number of rotatable bonds is 7. The molecule has 0 radical (unpaired) electrons. The number of likely N-dealkylation sites (tertiary alicyclic amines) is 1. The molecule has 0 aromatic heterocycles. The molecule has 2 aromatic rings. The number of carbonyl (C=O) groups excluding carboxylic acids is 1. The lowest BCUT2D eigenvalue weighted by molar-refractivity contribution is 0.0950. The molecule has 0 unspecified atom stereocenters. The molecule has 1 heterocycles. The van der Waals surface area contributed by atoms with Gasteiger partial charge >= 0.3 is 0 Å². The highest BCUT2D eigenvalue weighted by molar-refractivity contribution is 7.89. The Balaban J connectivity index is 1.59. The van der Waals surface area contributed by atoms with Crippen LogP contribution in [-0.4, -0.2) is 39.4 Å². The van der Waals surface area contributed by atoms with Crippen LogP contribution in [0.1, 0.15) is 34.3 Å². The number of benzene rings is 2. The highest BCUT2D eigenvalue weighted by atomic mass is 32.2. The predicted octanol–water partition coefficient (Wildman–Crippen LogP) is 2.12. The Kier molecular flexibility index (Phi) is 6.26. The van der Waals surface area contributed by atoms with Crippen molar-refractivity contribution in [3.05, 3.63) is 65.2 Å². The van der Waals surface area contributed by atoms with Gasteiger partial charge in [-0.15, -0.1) is 0 Å². The summed E-state index contributed by atoms with van der Waals surface area (Å²) in [5.41, 5.74) is 2.62. The van der Waals surface area contributed by atoms with Gasteiger partial charge in [0.2, 0.25) is 10.0 Å². The molecule has 144 valence electrons. The Morgan fingerprint density at radius 2 is 1.74 bits per heavy atom. The van der Waals surface area contributed by atoms with E-state index < -0.39 is 10.0 Å². The topological polar surface area (TPSA) is 78.5 Å². The number of hydrogen-bond donors (Lipinski definition) is 2. The molecule has 27 heavy (non-hydrogen) atoms. The van der Waals surface area contributed by atoms with Crippen molar-refractivity contribution in [3.8, 4) is 0 Å². The molecule has 0 spiro atoms. The summed E-state index contributed by atoms with van der Waals surface area (Å²) in [7, 11) is -2.07. The maximum absolute atomic E-state index is 12.4. The summed E-state index contributed by atoms with van der Waals surface area (Å²) >= 11 is 0. The van der Waals surface area contributed by atoms with E-state index in [-0.39, 0.29) is 10.8 Å². The lowest BCUT2D eigenvalue weighted by atomic mass is 10.1. The van der Waals surface area contributed by atoms with Crippen LogP contribution < -0.4 is 10.0 Å². The fourth-order valence-electron chi connectivity index (χ4n) is 3.20. The Hall–Kier alpha value is -2.22. The van der Waals surface area contributed by atoms with E-state index in [4.69, 9.17) is 0 Å². The van der Waals surface area contributed by atoms with Crippen molar-refractivity contribution in [3.63, 3.8) is 0 Å². The zero-order valence-corrected chi connectivity index (χ0v) is 16.3. The first-order valence-corrected chi connectivity index (χ1v) is 10.6. The molecule has 0 aliphatic carbocycles. The van der Waals surface area contributed by atoms with Gasteiger partial charge in [-0.25, -0.2) is 13.1 Å². The number of hydrogen-bond acceptors (Lipinski definition) is 4. The van der Waals surface area contributed by atoms with E-state index in [1.54, 1.807) is 12.1 Å². The van der Waals surface area contributed by atoms with Gasteiger partial charge in [0.15, 0.2) is 0 Å². The summed E-state index contributed by atoms with van der Waals surface area (Å²) in [6.45, 7) is 3.46. The molecule has 1 aliphatic rings. The Morgan fingerprint density at radius 3 is 2.41 bits per heavy atom. The summed E-state index contributed by atoms with van der Waals surface area (Å²) < 4.78 is 25.7. The highest BCUT2D eigenvalue weighted by Crippen LogP contribution is 2.14. The minimum absolute atomic E-state index is 0.134. The van der Waals surface area contributed by atoms with Crippen LogP contribution in [0.5, 0.6) is 0 Å². The van der Waals surface area contributed by atoms with Gasteiger partial charge in [0.25, 0.3) is 5.91 Å². The molecule has 1 fully saturated rings. The minimum Gasteiger partial charge on any atom is -0.348 e. The van der Waals surface area contributed by atoms with E-state index >= 15 is 0 Å². The molecule has 2 aromatic carbocycles. The molecule has 1 saturated heterocycles. The third kappa shape index (κ3) is 5.15. The van der Waals surface area contributed by atoms with E-state index in [2.05, 4.69) is 21.0 Å². The summed E-state index contributed by atoms with van der Waals surface area (Å²) in [5.74, 6) is -0.134. The van der Waals surface area contributed by atoms with Crippen LogP contribution in [0.4, 0.5) is 0 Å². The van der Waals surface area contributed by atoms with Crippen molar-refractivity contribution in [1.82, 2.24) is 14.9 Å². The first-order valence-electron chi connectivity index (χ1n) is 9.10. The van der Waals surface area contributed by atoms with Crippen LogP contribution in [0.15, 0.2) is 53.4 Å². The SMILES string of the molecule is CNS(=O)(=O)c1ccc(CNC(=O)c2cccc(CN3CCCC3)c2)cc1. The largest absolute Gasteiger partial charge is 0.348 e. The summed E-state index contributed by atoms with van der Waals surface area (Å²) in [4.78, 5) is 15.1. The van der Waals surface area contributed by atoms with E-state index in [1.165, 1.54) is 32.0 Å². The van der Waals surface area contributed by atoms with E-state index in [0.29, 0.717) is 12.1 Å². The average molecular weight is 388 g/mol. The number of sulfonamides is 1. The molecule has 2 N–H and O–H groups in total. The zero-order chi connectivity index (χ0) is 19.3. The van der Waals surface area contributed by atoms with Crippen molar-refractivity contribution >= 4 is 15.9 Å². The van der Waals surface area contributed by atoms with Gasteiger partial charge in [-0.2, -0.15) is 0 Å². The van der Waals surface area contributed by atoms with E-state index in [1.807, 2.05) is 18.2 Å². The summed E-state index contributed by atoms with van der Waals surface area (Å²) in [6, 6.07) is 14.2. The summed E-state index contributed by atoms with van der Waals surface area (Å²) in [5, 5.41) is 2.89. The van der Waals surface area contributed by atoms with Crippen LogP contribution in [0, 0.1) is 0 Å². The van der Waals surface area contributed by atoms with E-state index in [9.17, 15) is 13.2 Å². The molecule has 0 bridgehead atoms. The fraction of sp³-hybridized carbons (Fsp3) is 0.350. The maximum Gasteiger partial charge on any atom is 0.251 e. The van der Waals surface area contributed by atoms with Gasteiger partial charge in [-0.1, -0.05) is 24.3 Å². The predicted molar refractivity (Wildman–Crippen MR) is 105 cm³/mol. The maximum atomic E-state index is 12.4. The van der Waals surface area contributed by atoms with Gasteiger partial charge in [0.05, 0.1) is 4.90 Å². The summed E-state index contributed by atoms with van der Waals surface area (Å²) in [6.07, 6.45) is 2.49. The van der Waals surface area contributed by atoms with Crippen molar-refractivity contribution in [1.29, 1.82) is 0 Å². The van der Waals surface area contributed by atoms with Crippen LogP contribution in [0.2, 0.25) is 0 Å². The first kappa shape index (κ1) is 19.5. The molecule has 1 amide bonds. The normalized spacial score (nSPS) is 15.0. The molecule has 7 heteroatoms. The smallest absolute Gasteiger partial charge is 0.251 e. The van der Waals surface area contributed by atoms with E-state index in [0.717, 1.165) is 30.8 Å². The van der Waals surface area contributed by atoms with Crippen molar-refractivity contribution in [2.45, 2.75) is 30.8 Å². The van der Waals surface area contributed by atoms with Gasteiger partial charge in [0, 0.05) is 18.7 Å². The number of carbonyl (C=O) groups is 1. The van der Waals surface area contributed by atoms with Gasteiger partial charge in [0.1, 0.15) is 0 Å². The molecule has 1 aliphatic heterocycles. The standard InChI is InChI=1S/C20H25N3O3S/c1-21-27(25,26)19-9-7-16(8-10-19)14-22-20(24)18-6-4-5-17(13-18)15-23-11-2-3-12-23/h4-10,13,21H,2-3,11-12,14-15H2,1H3,(H,22,24). The molecule has 0 saturated carbocycles. The second-order valence-electron chi connectivity index (χ2n) is 6.72. The monoisotopic (exact) mass is 387 g/mol. The van der Waals surface area contributed by atoms with Gasteiger partial charge in [-0.3, -0.25) is 9.69 Å². The van der Waals surface area contributed by atoms with Gasteiger partial charge in [-0.05, 0) is 68.4 Å². The van der Waals surface area contributed by atoms with Crippen molar-refractivity contribution in [2.75, 3.05) is 20.1 Å². The molecule has 0 atom stereocenters. The van der Waals surface area contributed by atoms with Crippen LogP contribution in [0.25, 0.3) is 0 Å². The number of amides is 1. The second-order valence-corrected chi connectivity index (χ2v) is 8.60. The molecule has 3 rings (SSSR count). The first-order chi connectivity index (χ1) is 13.0. The van der Waals surface area contributed by atoms with Crippen LogP contribution in [0.3, 0.4) is 0 Å². The number of nitrogens with zero attached hydrogens (tertiary/aromatic N) is 1.